The highest BCUT2D eigenvalue weighted by molar-refractivity contribution is 6.02. The van der Waals surface area contributed by atoms with E-state index in [1.165, 1.54) is 19.1 Å². The Kier molecular flexibility index (Phi) is 5.11. The molecule has 1 atom stereocenters. The van der Waals surface area contributed by atoms with Gasteiger partial charge in [0.05, 0.1) is 25.8 Å². The summed E-state index contributed by atoms with van der Waals surface area (Å²) in [5.74, 6) is -1.01. The Hall–Kier alpha value is -2.57. The molecule has 0 aliphatic carbocycles. The molecule has 1 aromatic carbocycles. The highest BCUT2D eigenvalue weighted by Gasteiger charge is 2.39. The Labute approximate surface area is 140 Å². The second-order valence-electron chi connectivity index (χ2n) is 6.18. The molecule has 1 aromatic rings. The first-order valence-electron chi connectivity index (χ1n) is 7.64. The summed E-state index contributed by atoms with van der Waals surface area (Å²) in [6.45, 7) is 3.36. The molecule has 1 heterocycles. The third-order valence-corrected chi connectivity index (χ3v) is 4.00. The molecule has 1 saturated heterocycles. The molecule has 2 rings (SSSR count). The summed E-state index contributed by atoms with van der Waals surface area (Å²) < 4.78 is 9.95. The van der Waals surface area contributed by atoms with Crippen LogP contribution in [0.2, 0.25) is 0 Å². The zero-order valence-electron chi connectivity index (χ0n) is 14.3. The molecule has 0 saturated carbocycles. The number of amides is 2. The molecule has 0 unspecified atom stereocenters. The number of rotatable bonds is 5. The molecule has 130 valence electrons. The second kappa shape index (κ2) is 6.90. The van der Waals surface area contributed by atoms with Gasteiger partial charge in [-0.05, 0) is 26.0 Å². The maximum atomic E-state index is 12.4. The minimum absolute atomic E-state index is 0.0845. The summed E-state index contributed by atoms with van der Waals surface area (Å²) in [5, 5.41) is 2.65. The SMILES string of the molecule is COC(=O)C(C)(C)NC(=O)[C@H]1CC(=O)N(c2ccccc2OC)C1. The van der Waals surface area contributed by atoms with Crippen LogP contribution >= 0.6 is 0 Å². The van der Waals surface area contributed by atoms with Crippen molar-refractivity contribution in [3.8, 4) is 5.75 Å². The van der Waals surface area contributed by atoms with E-state index in [-0.39, 0.29) is 24.8 Å². The van der Waals surface area contributed by atoms with Crippen LogP contribution < -0.4 is 15.0 Å². The van der Waals surface area contributed by atoms with Crippen molar-refractivity contribution < 1.29 is 23.9 Å². The monoisotopic (exact) mass is 334 g/mol. The van der Waals surface area contributed by atoms with E-state index in [2.05, 4.69) is 10.1 Å². The molecular formula is C17H22N2O5. The maximum Gasteiger partial charge on any atom is 0.330 e. The lowest BCUT2D eigenvalue weighted by atomic mass is 10.0. The zero-order valence-corrected chi connectivity index (χ0v) is 14.3. The predicted octanol–water partition coefficient (Wildman–Crippen LogP) is 1.12. The topological polar surface area (TPSA) is 84.9 Å². The van der Waals surface area contributed by atoms with Crippen molar-refractivity contribution in [1.29, 1.82) is 0 Å². The highest BCUT2D eigenvalue weighted by atomic mass is 16.5. The van der Waals surface area contributed by atoms with E-state index >= 15 is 0 Å². The van der Waals surface area contributed by atoms with Gasteiger partial charge < -0.3 is 19.7 Å². The van der Waals surface area contributed by atoms with Crippen LogP contribution in [0.25, 0.3) is 0 Å². The van der Waals surface area contributed by atoms with Crippen molar-refractivity contribution in [1.82, 2.24) is 5.32 Å². The van der Waals surface area contributed by atoms with Gasteiger partial charge in [0.15, 0.2) is 0 Å². The minimum Gasteiger partial charge on any atom is -0.495 e. The number of benzene rings is 1. The molecular weight excluding hydrogens is 312 g/mol. The van der Waals surface area contributed by atoms with Crippen LogP contribution in [0.5, 0.6) is 5.75 Å². The summed E-state index contributed by atoms with van der Waals surface area (Å²) in [6, 6.07) is 7.15. The van der Waals surface area contributed by atoms with Gasteiger partial charge in [0.25, 0.3) is 0 Å². The lowest BCUT2D eigenvalue weighted by Crippen LogP contribution is -2.52. The van der Waals surface area contributed by atoms with Gasteiger partial charge >= 0.3 is 5.97 Å². The van der Waals surface area contributed by atoms with Gasteiger partial charge in [-0.1, -0.05) is 12.1 Å². The summed E-state index contributed by atoms with van der Waals surface area (Å²) >= 11 is 0. The highest BCUT2D eigenvalue weighted by Crippen LogP contribution is 2.32. The van der Waals surface area contributed by atoms with Crippen molar-refractivity contribution in [2.75, 3.05) is 25.7 Å². The van der Waals surface area contributed by atoms with E-state index in [0.29, 0.717) is 11.4 Å². The average Bonchev–Trinajstić information content (AvgIpc) is 2.95. The van der Waals surface area contributed by atoms with Crippen molar-refractivity contribution in [2.45, 2.75) is 25.8 Å². The quantitative estimate of drug-likeness (QED) is 0.816. The van der Waals surface area contributed by atoms with Gasteiger partial charge in [0.1, 0.15) is 11.3 Å². The number of methoxy groups -OCH3 is 2. The van der Waals surface area contributed by atoms with E-state index < -0.39 is 17.4 Å². The molecule has 0 bridgehead atoms. The Morgan fingerprint density at radius 3 is 2.54 bits per heavy atom. The summed E-state index contributed by atoms with van der Waals surface area (Å²) in [7, 11) is 2.79. The average molecular weight is 334 g/mol. The Bertz CT molecular complexity index is 656. The fraction of sp³-hybridized carbons (Fsp3) is 0.471. The Balaban J connectivity index is 2.12. The third-order valence-electron chi connectivity index (χ3n) is 4.00. The van der Waals surface area contributed by atoms with Crippen LogP contribution in [0, 0.1) is 5.92 Å². The van der Waals surface area contributed by atoms with Crippen molar-refractivity contribution in [2.24, 2.45) is 5.92 Å². The first-order valence-corrected chi connectivity index (χ1v) is 7.64. The number of hydrogen-bond acceptors (Lipinski definition) is 5. The normalized spacial score (nSPS) is 17.6. The van der Waals surface area contributed by atoms with Crippen molar-refractivity contribution in [3.05, 3.63) is 24.3 Å². The van der Waals surface area contributed by atoms with Crippen LogP contribution in [0.15, 0.2) is 24.3 Å². The Morgan fingerprint density at radius 2 is 1.92 bits per heavy atom. The number of carbonyl (C=O) groups is 3. The van der Waals surface area contributed by atoms with Crippen LogP contribution in [-0.4, -0.2) is 44.1 Å². The van der Waals surface area contributed by atoms with Crippen molar-refractivity contribution >= 4 is 23.5 Å². The summed E-state index contributed by atoms with van der Waals surface area (Å²) in [4.78, 5) is 38.0. The van der Waals surface area contributed by atoms with Gasteiger partial charge in [-0.2, -0.15) is 0 Å². The number of carbonyl (C=O) groups excluding carboxylic acids is 3. The molecule has 0 aromatic heterocycles. The smallest absolute Gasteiger partial charge is 0.330 e. The largest absolute Gasteiger partial charge is 0.495 e. The van der Waals surface area contributed by atoms with E-state index in [1.807, 2.05) is 6.07 Å². The molecule has 1 aliphatic heterocycles. The van der Waals surface area contributed by atoms with E-state index in [1.54, 1.807) is 32.0 Å². The summed E-state index contributed by atoms with van der Waals surface area (Å²) in [6.07, 6.45) is 0.0845. The molecule has 2 amide bonds. The van der Waals surface area contributed by atoms with Crippen LogP contribution in [-0.2, 0) is 19.1 Å². The standard InChI is InChI=1S/C17H22N2O5/c1-17(2,16(22)24-4)18-15(21)11-9-14(20)19(10-11)12-7-5-6-8-13(12)23-3/h5-8,11H,9-10H2,1-4H3,(H,18,21)/t11-/m0/s1. The molecule has 7 heteroatoms. The lowest BCUT2D eigenvalue weighted by molar-refractivity contribution is -0.149. The third kappa shape index (κ3) is 3.50. The first-order chi connectivity index (χ1) is 11.3. The number of nitrogens with one attached hydrogen (secondary N) is 1. The summed E-state index contributed by atoms with van der Waals surface area (Å²) in [5.41, 5.74) is -0.514. The molecule has 0 radical (unpaired) electrons. The van der Waals surface area contributed by atoms with E-state index in [4.69, 9.17) is 4.74 Å². The fourth-order valence-electron chi connectivity index (χ4n) is 2.69. The van der Waals surface area contributed by atoms with Crippen LogP contribution in [0.3, 0.4) is 0 Å². The fourth-order valence-corrected chi connectivity index (χ4v) is 2.69. The number of para-hydroxylation sites is 2. The predicted molar refractivity (Wildman–Crippen MR) is 87.7 cm³/mol. The lowest BCUT2D eigenvalue weighted by Gasteiger charge is -2.25. The maximum absolute atomic E-state index is 12.4. The van der Waals surface area contributed by atoms with E-state index in [0.717, 1.165) is 0 Å². The second-order valence-corrected chi connectivity index (χ2v) is 6.18. The van der Waals surface area contributed by atoms with Gasteiger partial charge in [0, 0.05) is 13.0 Å². The first kappa shape index (κ1) is 17.8. The van der Waals surface area contributed by atoms with Crippen LogP contribution in [0.1, 0.15) is 20.3 Å². The molecule has 1 aliphatic rings. The van der Waals surface area contributed by atoms with Crippen molar-refractivity contribution in [3.63, 3.8) is 0 Å². The number of hydrogen-bond donors (Lipinski definition) is 1. The zero-order chi connectivity index (χ0) is 17.9. The molecule has 0 spiro atoms. The molecule has 1 N–H and O–H groups in total. The van der Waals surface area contributed by atoms with E-state index in [9.17, 15) is 14.4 Å². The van der Waals surface area contributed by atoms with Gasteiger partial charge in [-0.15, -0.1) is 0 Å². The number of esters is 1. The van der Waals surface area contributed by atoms with Crippen LogP contribution in [0.4, 0.5) is 5.69 Å². The van der Waals surface area contributed by atoms with Gasteiger partial charge in [-0.3, -0.25) is 9.59 Å². The number of ether oxygens (including phenoxy) is 2. The minimum atomic E-state index is -1.15. The molecule has 24 heavy (non-hydrogen) atoms. The van der Waals surface area contributed by atoms with Gasteiger partial charge in [-0.25, -0.2) is 4.79 Å². The molecule has 1 fully saturated rings. The Morgan fingerprint density at radius 1 is 1.25 bits per heavy atom. The van der Waals surface area contributed by atoms with Gasteiger partial charge in [0.2, 0.25) is 11.8 Å². The number of nitrogens with zero attached hydrogens (tertiary/aromatic N) is 1. The number of anilines is 1. The molecule has 7 nitrogen and oxygen atoms in total.